The number of carbonyl (C=O) groups excluding carboxylic acids is 1. The summed E-state index contributed by atoms with van der Waals surface area (Å²) in [6.07, 6.45) is 0.429. The number of hydrogen-bond acceptors (Lipinski definition) is 2. The zero-order valence-corrected chi connectivity index (χ0v) is 14.0. The summed E-state index contributed by atoms with van der Waals surface area (Å²) >= 11 is 3.39. The fraction of sp³-hybridized carbons (Fsp3) is 0.278. The van der Waals surface area contributed by atoms with Crippen molar-refractivity contribution in [3.8, 4) is 5.75 Å². The molecule has 22 heavy (non-hydrogen) atoms. The molecule has 0 radical (unpaired) electrons. The van der Waals surface area contributed by atoms with Crippen molar-refractivity contribution in [2.24, 2.45) is 0 Å². The minimum Gasteiger partial charge on any atom is -0.481 e. The average molecular weight is 360 g/mol. The van der Waals surface area contributed by atoms with Gasteiger partial charge in [0, 0.05) is 17.6 Å². The normalized spacial score (nSPS) is 15.1. The Hall–Kier alpha value is -1.81. The van der Waals surface area contributed by atoms with Crippen molar-refractivity contribution in [2.75, 3.05) is 6.54 Å². The number of rotatable bonds is 3. The number of hydrogen-bond donors (Lipinski definition) is 0. The summed E-state index contributed by atoms with van der Waals surface area (Å²) in [5.74, 6) is 0.749. The van der Waals surface area contributed by atoms with Gasteiger partial charge in [0.2, 0.25) is 0 Å². The molecular formula is C18H18BrNO2. The Labute approximate surface area is 139 Å². The molecule has 0 spiro atoms. The maximum atomic E-state index is 12.6. The lowest BCUT2D eigenvalue weighted by Gasteiger charge is -2.31. The Morgan fingerprint density at radius 1 is 1.14 bits per heavy atom. The number of nitrogens with zero attached hydrogens (tertiary/aromatic N) is 1. The van der Waals surface area contributed by atoms with Gasteiger partial charge in [0.25, 0.3) is 5.91 Å². The zero-order chi connectivity index (χ0) is 15.5. The van der Waals surface area contributed by atoms with E-state index in [0.717, 1.165) is 17.4 Å². The molecule has 0 bridgehead atoms. The molecule has 0 unspecified atom stereocenters. The molecule has 0 saturated heterocycles. The Morgan fingerprint density at radius 3 is 2.55 bits per heavy atom. The third-order valence-corrected chi connectivity index (χ3v) is 4.45. The van der Waals surface area contributed by atoms with Crippen LogP contribution in [0.1, 0.15) is 18.1 Å². The van der Waals surface area contributed by atoms with Crippen molar-refractivity contribution in [1.82, 2.24) is 4.90 Å². The molecule has 1 heterocycles. The van der Waals surface area contributed by atoms with E-state index in [1.54, 1.807) is 0 Å². The van der Waals surface area contributed by atoms with Gasteiger partial charge in [0.05, 0.1) is 0 Å². The van der Waals surface area contributed by atoms with Crippen molar-refractivity contribution < 1.29 is 9.53 Å². The Morgan fingerprint density at radius 2 is 1.82 bits per heavy atom. The molecule has 114 valence electrons. The lowest BCUT2D eigenvalue weighted by atomic mass is 9.99. The first-order valence-corrected chi connectivity index (χ1v) is 8.20. The predicted molar refractivity (Wildman–Crippen MR) is 89.8 cm³/mol. The minimum atomic E-state index is -0.480. The minimum absolute atomic E-state index is 0.0393. The first-order chi connectivity index (χ1) is 10.6. The number of halogens is 1. The molecule has 2 aromatic rings. The SMILES string of the molecule is C[C@H](Oc1ccc(Br)cc1)C(=O)N1CCc2ccccc2C1. The molecular weight excluding hydrogens is 342 g/mol. The molecule has 0 N–H and O–H groups in total. The lowest BCUT2D eigenvalue weighted by Crippen LogP contribution is -2.43. The fourth-order valence-electron chi connectivity index (χ4n) is 2.71. The molecule has 1 amide bonds. The lowest BCUT2D eigenvalue weighted by molar-refractivity contribution is -0.138. The summed E-state index contributed by atoms with van der Waals surface area (Å²) in [7, 11) is 0. The van der Waals surface area contributed by atoms with Gasteiger partial charge in [-0.25, -0.2) is 0 Å². The van der Waals surface area contributed by atoms with Crippen molar-refractivity contribution in [2.45, 2.75) is 26.0 Å². The summed E-state index contributed by atoms with van der Waals surface area (Å²) < 4.78 is 6.75. The topological polar surface area (TPSA) is 29.5 Å². The smallest absolute Gasteiger partial charge is 0.263 e. The van der Waals surface area contributed by atoms with Crippen LogP contribution in [0.25, 0.3) is 0 Å². The van der Waals surface area contributed by atoms with E-state index in [0.29, 0.717) is 12.3 Å². The van der Waals surface area contributed by atoms with Crippen LogP contribution in [0.5, 0.6) is 5.75 Å². The van der Waals surface area contributed by atoms with Gasteiger partial charge in [-0.1, -0.05) is 40.2 Å². The van der Waals surface area contributed by atoms with Crippen LogP contribution in [0.3, 0.4) is 0 Å². The molecule has 4 heteroatoms. The van der Waals surface area contributed by atoms with Crippen LogP contribution >= 0.6 is 15.9 Å². The Balaban J connectivity index is 1.65. The van der Waals surface area contributed by atoms with E-state index in [-0.39, 0.29) is 5.91 Å². The maximum Gasteiger partial charge on any atom is 0.263 e. The number of carbonyl (C=O) groups is 1. The van der Waals surface area contributed by atoms with E-state index >= 15 is 0 Å². The summed E-state index contributed by atoms with van der Waals surface area (Å²) in [4.78, 5) is 14.5. The third kappa shape index (κ3) is 3.33. The van der Waals surface area contributed by atoms with Gasteiger partial charge in [-0.3, -0.25) is 4.79 Å². The molecule has 3 nitrogen and oxygen atoms in total. The van der Waals surface area contributed by atoms with Crippen molar-refractivity contribution >= 4 is 21.8 Å². The van der Waals surface area contributed by atoms with Crippen LogP contribution in [-0.4, -0.2) is 23.5 Å². The van der Waals surface area contributed by atoms with Gasteiger partial charge in [0.15, 0.2) is 6.10 Å². The summed E-state index contributed by atoms with van der Waals surface area (Å²) in [6, 6.07) is 15.8. The molecule has 0 aromatic heterocycles. The molecule has 0 saturated carbocycles. The standard InChI is InChI=1S/C18H18BrNO2/c1-13(22-17-8-6-16(19)7-9-17)18(21)20-11-10-14-4-2-3-5-15(14)12-20/h2-9,13H,10-12H2,1H3/t13-/m0/s1. The number of fused-ring (bicyclic) bond motifs is 1. The zero-order valence-electron chi connectivity index (χ0n) is 12.5. The van der Waals surface area contributed by atoms with Gasteiger partial charge in [-0.2, -0.15) is 0 Å². The highest BCUT2D eigenvalue weighted by Gasteiger charge is 2.25. The van der Waals surface area contributed by atoms with Crippen molar-refractivity contribution in [3.63, 3.8) is 0 Å². The van der Waals surface area contributed by atoms with Crippen molar-refractivity contribution in [1.29, 1.82) is 0 Å². The second-order valence-electron chi connectivity index (χ2n) is 5.49. The Kier molecular flexibility index (Phi) is 4.48. The van der Waals surface area contributed by atoms with E-state index in [2.05, 4.69) is 34.1 Å². The van der Waals surface area contributed by atoms with E-state index < -0.39 is 6.10 Å². The van der Waals surface area contributed by atoms with E-state index in [1.807, 2.05) is 42.2 Å². The molecule has 1 aliphatic rings. The predicted octanol–water partition coefficient (Wildman–Crippen LogP) is 3.80. The van der Waals surface area contributed by atoms with Crippen LogP contribution in [-0.2, 0) is 17.8 Å². The van der Waals surface area contributed by atoms with E-state index in [9.17, 15) is 4.79 Å². The van der Waals surface area contributed by atoms with Crippen molar-refractivity contribution in [3.05, 3.63) is 64.1 Å². The summed E-state index contributed by atoms with van der Waals surface area (Å²) in [5, 5.41) is 0. The molecule has 2 aromatic carbocycles. The highest BCUT2D eigenvalue weighted by molar-refractivity contribution is 9.10. The molecule has 1 aliphatic heterocycles. The molecule has 1 atom stereocenters. The summed E-state index contributed by atoms with van der Waals surface area (Å²) in [5.41, 5.74) is 2.57. The van der Waals surface area contributed by atoms with Gasteiger partial charge in [-0.15, -0.1) is 0 Å². The van der Waals surface area contributed by atoms with Gasteiger partial charge < -0.3 is 9.64 Å². The van der Waals surface area contributed by atoms with Gasteiger partial charge >= 0.3 is 0 Å². The monoisotopic (exact) mass is 359 g/mol. The number of benzene rings is 2. The summed E-state index contributed by atoms with van der Waals surface area (Å²) in [6.45, 7) is 3.23. The van der Waals surface area contributed by atoms with Crippen LogP contribution in [0.2, 0.25) is 0 Å². The molecule has 0 aliphatic carbocycles. The van der Waals surface area contributed by atoms with Crippen LogP contribution < -0.4 is 4.74 Å². The highest BCUT2D eigenvalue weighted by Crippen LogP contribution is 2.21. The first kappa shape index (κ1) is 15.1. The van der Waals surface area contributed by atoms with Crippen LogP contribution in [0.15, 0.2) is 53.0 Å². The second kappa shape index (κ2) is 6.53. The van der Waals surface area contributed by atoms with Gasteiger partial charge in [-0.05, 0) is 48.7 Å². The quantitative estimate of drug-likeness (QED) is 0.833. The van der Waals surface area contributed by atoms with E-state index in [4.69, 9.17) is 4.74 Å². The average Bonchev–Trinajstić information content (AvgIpc) is 2.55. The Bertz CT molecular complexity index is 669. The van der Waals surface area contributed by atoms with Crippen LogP contribution in [0, 0.1) is 0 Å². The third-order valence-electron chi connectivity index (χ3n) is 3.92. The highest BCUT2D eigenvalue weighted by atomic mass is 79.9. The van der Waals surface area contributed by atoms with E-state index in [1.165, 1.54) is 11.1 Å². The van der Waals surface area contributed by atoms with Gasteiger partial charge in [0.1, 0.15) is 5.75 Å². The largest absolute Gasteiger partial charge is 0.481 e. The first-order valence-electron chi connectivity index (χ1n) is 7.41. The second-order valence-corrected chi connectivity index (χ2v) is 6.41. The maximum absolute atomic E-state index is 12.6. The fourth-order valence-corrected chi connectivity index (χ4v) is 2.97. The number of amides is 1. The molecule has 0 fully saturated rings. The number of ether oxygens (including phenoxy) is 1. The van der Waals surface area contributed by atoms with Crippen LogP contribution in [0.4, 0.5) is 0 Å². The molecule has 3 rings (SSSR count).